The van der Waals surface area contributed by atoms with Crippen molar-refractivity contribution in [1.82, 2.24) is 24.6 Å². The Labute approximate surface area is 201 Å². The number of aromatic nitrogens is 4. The molecule has 7 nitrogen and oxygen atoms in total. The van der Waals surface area contributed by atoms with Crippen molar-refractivity contribution in [2.45, 2.75) is 18.9 Å². The van der Waals surface area contributed by atoms with Crippen LogP contribution in [-0.2, 0) is 7.05 Å². The van der Waals surface area contributed by atoms with Crippen molar-refractivity contribution < 1.29 is 8.78 Å². The van der Waals surface area contributed by atoms with Gasteiger partial charge in [0.05, 0.1) is 28.7 Å². The molecular weight excluding hydrogens is 450 g/mol. The van der Waals surface area contributed by atoms with E-state index in [0.717, 1.165) is 25.9 Å². The zero-order valence-electron chi connectivity index (χ0n) is 19.6. The highest BCUT2D eigenvalue weighted by Crippen LogP contribution is 2.34. The molecule has 2 aromatic heterocycles. The molecule has 0 saturated carbocycles. The summed E-state index contributed by atoms with van der Waals surface area (Å²) in [6, 6.07) is 14.1. The van der Waals surface area contributed by atoms with Gasteiger partial charge in [0, 0.05) is 20.3 Å². The molecule has 0 aliphatic carbocycles. The van der Waals surface area contributed by atoms with Gasteiger partial charge in [-0.25, -0.2) is 18.7 Å². The quantitative estimate of drug-likeness (QED) is 0.466. The smallest absolute Gasteiger partial charge is 0.274 e. The van der Waals surface area contributed by atoms with Gasteiger partial charge in [-0.3, -0.25) is 14.2 Å². The van der Waals surface area contributed by atoms with Gasteiger partial charge in [-0.05, 0) is 61.8 Å². The minimum Gasteiger partial charge on any atom is -0.317 e. The van der Waals surface area contributed by atoms with Crippen molar-refractivity contribution >= 4 is 11.6 Å². The highest BCUT2D eigenvalue weighted by atomic mass is 19.1. The predicted octanol–water partition coefficient (Wildman–Crippen LogP) is 4.28. The van der Waals surface area contributed by atoms with Crippen LogP contribution in [0, 0.1) is 11.6 Å². The van der Waals surface area contributed by atoms with Crippen LogP contribution in [0.15, 0.2) is 65.6 Å². The number of para-hydroxylation sites is 1. The number of hydrogen-bond acceptors (Lipinski definition) is 5. The first-order valence-corrected chi connectivity index (χ1v) is 11.6. The fourth-order valence-electron chi connectivity index (χ4n) is 4.70. The van der Waals surface area contributed by atoms with Crippen LogP contribution in [0.4, 0.5) is 20.4 Å². The number of piperidine rings is 1. The molecule has 0 amide bonds. The molecule has 1 N–H and O–H groups in total. The van der Waals surface area contributed by atoms with E-state index in [4.69, 9.17) is 4.98 Å². The average Bonchev–Trinajstić information content (AvgIpc) is 3.15. The Hall–Kier alpha value is -3.85. The number of benzene rings is 2. The fourth-order valence-corrected chi connectivity index (χ4v) is 4.70. The second-order valence-electron chi connectivity index (χ2n) is 8.64. The van der Waals surface area contributed by atoms with Crippen LogP contribution in [0.5, 0.6) is 0 Å². The molecule has 1 fully saturated rings. The van der Waals surface area contributed by atoms with Gasteiger partial charge in [-0.15, -0.1) is 0 Å². The lowest BCUT2D eigenvalue weighted by molar-refractivity contribution is 0.313. The van der Waals surface area contributed by atoms with Gasteiger partial charge in [0.1, 0.15) is 11.6 Å². The number of nitrogens with one attached hydrogen (secondary N) is 1. The number of rotatable bonds is 5. The van der Waals surface area contributed by atoms with Gasteiger partial charge in [0.25, 0.3) is 5.56 Å². The molecule has 0 atom stereocenters. The van der Waals surface area contributed by atoms with Crippen molar-refractivity contribution in [2.24, 2.45) is 7.05 Å². The third kappa shape index (κ3) is 4.23. The maximum Gasteiger partial charge on any atom is 0.274 e. The number of hydrogen-bond donors (Lipinski definition) is 1. The van der Waals surface area contributed by atoms with E-state index < -0.39 is 0 Å². The minimum atomic E-state index is -0.387. The van der Waals surface area contributed by atoms with Crippen molar-refractivity contribution in [2.75, 3.05) is 25.0 Å². The summed E-state index contributed by atoms with van der Waals surface area (Å²) in [5.41, 5.74) is 2.39. The lowest BCUT2D eigenvalue weighted by atomic mass is 10.0. The van der Waals surface area contributed by atoms with Gasteiger partial charge < -0.3 is 10.2 Å². The van der Waals surface area contributed by atoms with Crippen LogP contribution in [-0.4, -0.2) is 39.5 Å². The second kappa shape index (κ2) is 9.42. The standard InChI is InChI=1S/C26H26F2N6O/c1-32(22-6-4-3-5-20(22)28)26-30-16-13-21(31-26)24-23(17-7-9-18(27)10-8-17)25(35)33(2)34(24)19-11-14-29-15-12-19/h3-10,13,16,19,29H,11-12,14-15H2,1-2H3. The van der Waals surface area contributed by atoms with Crippen molar-refractivity contribution in [3.8, 4) is 22.5 Å². The summed E-state index contributed by atoms with van der Waals surface area (Å²) in [5, 5.41) is 3.36. The minimum absolute atomic E-state index is 0.0841. The lowest BCUT2D eigenvalue weighted by Crippen LogP contribution is -2.33. The lowest BCUT2D eigenvalue weighted by Gasteiger charge is -2.27. The summed E-state index contributed by atoms with van der Waals surface area (Å²) >= 11 is 0. The van der Waals surface area contributed by atoms with Crippen LogP contribution >= 0.6 is 0 Å². The number of nitrogens with zero attached hydrogens (tertiary/aromatic N) is 5. The molecule has 5 rings (SSSR count). The van der Waals surface area contributed by atoms with E-state index in [-0.39, 0.29) is 23.2 Å². The van der Waals surface area contributed by atoms with E-state index in [1.54, 1.807) is 66.3 Å². The maximum absolute atomic E-state index is 14.4. The normalized spacial score (nSPS) is 14.3. The Morgan fingerprint density at radius 2 is 1.74 bits per heavy atom. The van der Waals surface area contributed by atoms with Crippen molar-refractivity contribution in [3.05, 3.63) is 82.8 Å². The van der Waals surface area contributed by atoms with E-state index in [9.17, 15) is 13.6 Å². The highest BCUT2D eigenvalue weighted by molar-refractivity contribution is 5.80. The molecule has 1 aliphatic rings. The van der Waals surface area contributed by atoms with E-state index in [1.165, 1.54) is 18.2 Å². The summed E-state index contributed by atoms with van der Waals surface area (Å²) in [6.07, 6.45) is 3.31. The van der Waals surface area contributed by atoms with Crippen molar-refractivity contribution in [3.63, 3.8) is 0 Å². The predicted molar refractivity (Wildman–Crippen MR) is 132 cm³/mol. The number of halogens is 2. The molecule has 3 heterocycles. The summed E-state index contributed by atoms with van der Waals surface area (Å²) in [5.74, 6) is -0.464. The number of anilines is 2. The van der Waals surface area contributed by atoms with Gasteiger partial charge in [-0.2, -0.15) is 0 Å². The summed E-state index contributed by atoms with van der Waals surface area (Å²) in [4.78, 5) is 24.2. The Balaban J connectivity index is 1.71. The van der Waals surface area contributed by atoms with Crippen LogP contribution in [0.2, 0.25) is 0 Å². The van der Waals surface area contributed by atoms with Crippen molar-refractivity contribution in [1.29, 1.82) is 0 Å². The third-order valence-corrected chi connectivity index (χ3v) is 6.48. The molecule has 0 radical (unpaired) electrons. The van der Waals surface area contributed by atoms with E-state index in [1.807, 2.05) is 4.68 Å². The van der Waals surface area contributed by atoms with Gasteiger partial charge in [0.2, 0.25) is 5.95 Å². The second-order valence-corrected chi connectivity index (χ2v) is 8.64. The van der Waals surface area contributed by atoms with Crippen LogP contribution < -0.4 is 15.8 Å². The first-order chi connectivity index (χ1) is 17.0. The van der Waals surface area contributed by atoms with Crippen LogP contribution in [0.25, 0.3) is 22.5 Å². The van der Waals surface area contributed by atoms with Gasteiger partial charge >= 0.3 is 0 Å². The van der Waals surface area contributed by atoms with E-state index >= 15 is 0 Å². The molecule has 2 aromatic carbocycles. The van der Waals surface area contributed by atoms with E-state index in [2.05, 4.69) is 10.3 Å². The zero-order chi connectivity index (χ0) is 24.5. The Kier molecular flexibility index (Phi) is 6.17. The maximum atomic E-state index is 14.4. The summed E-state index contributed by atoms with van der Waals surface area (Å²) in [7, 11) is 3.44. The molecular formula is C26H26F2N6O. The van der Waals surface area contributed by atoms with Crippen LogP contribution in [0.1, 0.15) is 18.9 Å². The van der Waals surface area contributed by atoms with Gasteiger partial charge in [-0.1, -0.05) is 24.3 Å². The molecule has 180 valence electrons. The summed E-state index contributed by atoms with van der Waals surface area (Å²) in [6.45, 7) is 1.68. The van der Waals surface area contributed by atoms with E-state index in [0.29, 0.717) is 34.2 Å². The molecule has 35 heavy (non-hydrogen) atoms. The fraction of sp³-hybridized carbons (Fsp3) is 0.269. The molecule has 1 aliphatic heterocycles. The third-order valence-electron chi connectivity index (χ3n) is 6.48. The molecule has 9 heteroatoms. The topological polar surface area (TPSA) is 68.0 Å². The molecule has 1 saturated heterocycles. The van der Waals surface area contributed by atoms with Crippen LogP contribution in [0.3, 0.4) is 0 Å². The molecule has 0 bridgehead atoms. The SMILES string of the molecule is CN(c1nccc(-c2c(-c3ccc(F)cc3)c(=O)n(C)n2C2CCNCC2)n1)c1ccccc1F. The monoisotopic (exact) mass is 476 g/mol. The Morgan fingerprint density at radius 3 is 2.46 bits per heavy atom. The first-order valence-electron chi connectivity index (χ1n) is 11.6. The Morgan fingerprint density at radius 1 is 1.03 bits per heavy atom. The average molecular weight is 477 g/mol. The molecule has 4 aromatic rings. The zero-order valence-corrected chi connectivity index (χ0v) is 19.6. The first kappa shape index (κ1) is 22.9. The largest absolute Gasteiger partial charge is 0.317 e. The Bertz CT molecular complexity index is 1410. The molecule has 0 spiro atoms. The highest BCUT2D eigenvalue weighted by Gasteiger charge is 2.28. The summed E-state index contributed by atoms with van der Waals surface area (Å²) < 4.78 is 31.7. The van der Waals surface area contributed by atoms with Gasteiger partial charge in [0.15, 0.2) is 0 Å². The molecule has 0 unspecified atom stereocenters.